The van der Waals surface area contributed by atoms with Crippen LogP contribution in [0.4, 0.5) is 5.69 Å². The Morgan fingerprint density at radius 1 is 1.14 bits per heavy atom. The summed E-state index contributed by atoms with van der Waals surface area (Å²) in [6.07, 6.45) is 0. The molecule has 0 aliphatic carbocycles. The lowest BCUT2D eigenvalue weighted by molar-refractivity contribution is -0.113. The number of aromatic nitrogens is 2. The van der Waals surface area contributed by atoms with Crippen LogP contribution in [-0.2, 0) is 11.3 Å². The van der Waals surface area contributed by atoms with Crippen molar-refractivity contribution in [3.8, 4) is 11.5 Å². The lowest BCUT2D eigenvalue weighted by Gasteiger charge is -2.13. The van der Waals surface area contributed by atoms with Crippen LogP contribution in [0.1, 0.15) is 6.92 Å². The van der Waals surface area contributed by atoms with Crippen molar-refractivity contribution in [3.05, 3.63) is 52.8 Å². The molecule has 1 heterocycles. The van der Waals surface area contributed by atoms with Crippen LogP contribution in [0.25, 0.3) is 10.9 Å². The first-order chi connectivity index (χ1) is 13.6. The van der Waals surface area contributed by atoms with Gasteiger partial charge in [0.25, 0.3) is 5.56 Å². The van der Waals surface area contributed by atoms with Gasteiger partial charge in [-0.05, 0) is 25.1 Å². The molecule has 0 aliphatic rings. The van der Waals surface area contributed by atoms with Gasteiger partial charge in [-0.2, -0.15) is 0 Å². The average molecular weight is 399 g/mol. The van der Waals surface area contributed by atoms with E-state index >= 15 is 0 Å². The maximum atomic E-state index is 12.9. The highest BCUT2D eigenvalue weighted by atomic mass is 32.2. The predicted molar refractivity (Wildman–Crippen MR) is 111 cm³/mol. The van der Waals surface area contributed by atoms with Crippen molar-refractivity contribution < 1.29 is 14.3 Å². The third kappa shape index (κ3) is 4.12. The van der Waals surface area contributed by atoms with E-state index in [1.807, 2.05) is 37.3 Å². The van der Waals surface area contributed by atoms with Crippen LogP contribution in [0.3, 0.4) is 0 Å². The minimum absolute atomic E-state index is 0.139. The Balaban J connectivity index is 1.89. The Kier molecular flexibility index (Phi) is 6.20. The van der Waals surface area contributed by atoms with Gasteiger partial charge in [-0.1, -0.05) is 30.0 Å². The van der Waals surface area contributed by atoms with Gasteiger partial charge in [0.05, 0.1) is 30.9 Å². The first-order valence-corrected chi connectivity index (χ1v) is 9.70. The first-order valence-electron chi connectivity index (χ1n) is 8.71. The largest absolute Gasteiger partial charge is 0.493 e. The first kappa shape index (κ1) is 19.8. The molecular weight excluding hydrogens is 378 g/mol. The molecule has 0 saturated heterocycles. The van der Waals surface area contributed by atoms with Gasteiger partial charge in [0.2, 0.25) is 5.91 Å². The molecule has 8 heteroatoms. The summed E-state index contributed by atoms with van der Waals surface area (Å²) in [6, 6.07) is 12.5. The van der Waals surface area contributed by atoms with Crippen LogP contribution in [-0.4, -0.2) is 35.4 Å². The number of nitrogens with one attached hydrogen (secondary N) is 1. The standard InChI is InChI=1S/C20H21N3O4S/c1-4-23-19(25)14-10-16(26-2)17(27-3)11-15(14)22-20(23)28-12-18(24)21-13-8-6-5-7-9-13/h5-11H,4,12H2,1-3H3,(H,21,24). The number of nitrogens with zero attached hydrogens (tertiary/aromatic N) is 2. The van der Waals surface area contributed by atoms with E-state index in [4.69, 9.17) is 9.47 Å². The number of anilines is 1. The van der Waals surface area contributed by atoms with Crippen molar-refractivity contribution in [1.82, 2.24) is 9.55 Å². The van der Waals surface area contributed by atoms with Crippen LogP contribution in [0, 0.1) is 0 Å². The number of hydrogen-bond acceptors (Lipinski definition) is 6. The fourth-order valence-corrected chi connectivity index (χ4v) is 3.63. The minimum Gasteiger partial charge on any atom is -0.493 e. The second-order valence-corrected chi connectivity index (χ2v) is 6.81. The van der Waals surface area contributed by atoms with Crippen molar-refractivity contribution >= 4 is 34.3 Å². The van der Waals surface area contributed by atoms with E-state index < -0.39 is 0 Å². The smallest absolute Gasteiger partial charge is 0.262 e. The molecule has 0 spiro atoms. The molecule has 3 rings (SSSR count). The molecule has 1 aromatic heterocycles. The SMILES string of the molecule is CCn1c(SCC(=O)Nc2ccccc2)nc2cc(OC)c(OC)cc2c1=O. The lowest BCUT2D eigenvalue weighted by Crippen LogP contribution is -2.23. The molecule has 0 atom stereocenters. The van der Waals surface area contributed by atoms with Crippen LogP contribution in [0.5, 0.6) is 11.5 Å². The van der Waals surface area contributed by atoms with E-state index in [0.29, 0.717) is 34.1 Å². The maximum absolute atomic E-state index is 12.9. The molecule has 0 saturated carbocycles. The molecular formula is C20H21N3O4S. The molecule has 1 amide bonds. The van der Waals surface area contributed by atoms with Crippen molar-refractivity contribution in [2.45, 2.75) is 18.6 Å². The molecule has 0 unspecified atom stereocenters. The van der Waals surface area contributed by atoms with E-state index in [1.54, 1.807) is 16.7 Å². The molecule has 0 aliphatic heterocycles. The topological polar surface area (TPSA) is 82.5 Å². The predicted octanol–water partition coefficient (Wildman–Crippen LogP) is 3.16. The van der Waals surface area contributed by atoms with Crippen LogP contribution < -0.4 is 20.3 Å². The van der Waals surface area contributed by atoms with Crippen LogP contribution >= 0.6 is 11.8 Å². The fourth-order valence-electron chi connectivity index (χ4n) is 2.77. The van der Waals surface area contributed by atoms with E-state index in [9.17, 15) is 9.59 Å². The van der Waals surface area contributed by atoms with Gasteiger partial charge < -0.3 is 14.8 Å². The van der Waals surface area contributed by atoms with Gasteiger partial charge in [0, 0.05) is 18.3 Å². The number of hydrogen-bond donors (Lipinski definition) is 1. The summed E-state index contributed by atoms with van der Waals surface area (Å²) in [7, 11) is 3.05. The van der Waals surface area contributed by atoms with E-state index in [2.05, 4.69) is 10.3 Å². The number of thioether (sulfide) groups is 1. The van der Waals surface area contributed by atoms with E-state index in [0.717, 1.165) is 5.69 Å². The molecule has 28 heavy (non-hydrogen) atoms. The number of rotatable bonds is 7. The number of benzene rings is 2. The van der Waals surface area contributed by atoms with Gasteiger partial charge >= 0.3 is 0 Å². The second kappa shape index (κ2) is 8.79. The summed E-state index contributed by atoms with van der Waals surface area (Å²) in [6.45, 7) is 2.31. The number of carbonyl (C=O) groups excluding carboxylic acids is 1. The van der Waals surface area contributed by atoms with Crippen molar-refractivity contribution in [2.24, 2.45) is 0 Å². The zero-order chi connectivity index (χ0) is 20.1. The Morgan fingerprint density at radius 2 is 1.82 bits per heavy atom. The molecule has 2 aromatic carbocycles. The monoisotopic (exact) mass is 399 g/mol. The quantitative estimate of drug-likeness (QED) is 0.485. The van der Waals surface area contributed by atoms with Gasteiger partial charge in [-0.3, -0.25) is 14.2 Å². The molecule has 0 radical (unpaired) electrons. The summed E-state index contributed by atoms with van der Waals surface area (Å²) in [4.78, 5) is 29.7. The summed E-state index contributed by atoms with van der Waals surface area (Å²) in [5, 5.41) is 3.75. The number of methoxy groups -OCH3 is 2. The van der Waals surface area contributed by atoms with Gasteiger partial charge in [-0.25, -0.2) is 4.98 Å². The Labute approximate surface area is 166 Å². The Bertz CT molecular complexity index is 1050. The second-order valence-electron chi connectivity index (χ2n) is 5.87. The molecule has 3 aromatic rings. The summed E-state index contributed by atoms with van der Waals surface area (Å²) < 4.78 is 12.1. The van der Waals surface area contributed by atoms with E-state index in [-0.39, 0.29) is 17.2 Å². The molecule has 0 bridgehead atoms. The van der Waals surface area contributed by atoms with Crippen LogP contribution in [0.15, 0.2) is 52.4 Å². The maximum Gasteiger partial charge on any atom is 0.262 e. The Hall–Kier alpha value is -3.00. The van der Waals surface area contributed by atoms with Gasteiger partial charge in [-0.15, -0.1) is 0 Å². The molecule has 146 valence electrons. The van der Waals surface area contributed by atoms with Crippen molar-refractivity contribution in [2.75, 3.05) is 25.3 Å². The summed E-state index contributed by atoms with van der Waals surface area (Å²) in [5.41, 5.74) is 1.04. The molecule has 1 N–H and O–H groups in total. The molecule has 7 nitrogen and oxygen atoms in total. The average Bonchev–Trinajstić information content (AvgIpc) is 2.72. The van der Waals surface area contributed by atoms with Gasteiger partial charge in [0.1, 0.15) is 0 Å². The number of carbonyl (C=O) groups is 1. The minimum atomic E-state index is -0.181. The van der Waals surface area contributed by atoms with Gasteiger partial charge in [0.15, 0.2) is 16.7 Å². The van der Waals surface area contributed by atoms with Crippen LogP contribution in [0.2, 0.25) is 0 Å². The normalized spacial score (nSPS) is 10.7. The number of para-hydroxylation sites is 1. The van der Waals surface area contributed by atoms with Crippen molar-refractivity contribution in [1.29, 1.82) is 0 Å². The highest BCUT2D eigenvalue weighted by molar-refractivity contribution is 7.99. The number of fused-ring (bicyclic) bond motifs is 1. The van der Waals surface area contributed by atoms with E-state index in [1.165, 1.54) is 26.0 Å². The highest BCUT2D eigenvalue weighted by Gasteiger charge is 2.15. The fraction of sp³-hybridized carbons (Fsp3) is 0.250. The third-order valence-electron chi connectivity index (χ3n) is 4.13. The Morgan fingerprint density at radius 3 is 2.46 bits per heavy atom. The lowest BCUT2D eigenvalue weighted by atomic mass is 10.2. The number of ether oxygens (including phenoxy) is 2. The molecule has 0 fully saturated rings. The van der Waals surface area contributed by atoms with Crippen molar-refractivity contribution in [3.63, 3.8) is 0 Å². The summed E-state index contributed by atoms with van der Waals surface area (Å²) in [5.74, 6) is 0.939. The summed E-state index contributed by atoms with van der Waals surface area (Å²) >= 11 is 1.22. The highest BCUT2D eigenvalue weighted by Crippen LogP contribution is 2.31. The zero-order valence-electron chi connectivity index (χ0n) is 15.9. The zero-order valence-corrected chi connectivity index (χ0v) is 16.7. The number of amides is 1. The third-order valence-corrected chi connectivity index (χ3v) is 5.11.